The Kier molecular flexibility index (Phi) is 6.97. The second-order valence-electron chi connectivity index (χ2n) is 4.69. The molecule has 124 valence electrons. The molecule has 1 rings (SSSR count). The second-order valence-corrected chi connectivity index (χ2v) is 5.65. The molecule has 0 radical (unpaired) electrons. The van der Waals surface area contributed by atoms with Crippen molar-refractivity contribution in [2.75, 3.05) is 12.4 Å². The maximum absolute atomic E-state index is 12.0. The number of aromatic nitrogens is 1. The number of allylic oxidation sites excluding steroid dienone is 2. The van der Waals surface area contributed by atoms with Gasteiger partial charge in [0.1, 0.15) is 22.7 Å². The molecule has 0 atom stereocenters. The van der Waals surface area contributed by atoms with Gasteiger partial charge in [0.05, 0.1) is 29.2 Å². The summed E-state index contributed by atoms with van der Waals surface area (Å²) in [5, 5.41) is 18.5. The molecule has 0 fully saturated rings. The SMILES string of the molecule is CCOC(=O)c1cc(C#N)c(SCC(=O)/C(C#N)=C(\C)N)nc1C. The summed E-state index contributed by atoms with van der Waals surface area (Å²) in [5.41, 5.74) is 6.29. The number of pyridine rings is 1. The predicted octanol–water partition coefficient (Wildman–Crippen LogP) is 1.86. The molecular weight excluding hydrogens is 328 g/mol. The van der Waals surface area contributed by atoms with E-state index in [1.807, 2.05) is 6.07 Å². The van der Waals surface area contributed by atoms with Gasteiger partial charge < -0.3 is 10.5 Å². The highest BCUT2D eigenvalue weighted by Gasteiger charge is 2.18. The molecule has 24 heavy (non-hydrogen) atoms. The zero-order chi connectivity index (χ0) is 18.3. The first-order chi connectivity index (χ1) is 11.3. The van der Waals surface area contributed by atoms with Crippen LogP contribution in [0, 0.1) is 29.6 Å². The fourth-order valence-corrected chi connectivity index (χ4v) is 2.64. The molecule has 0 aliphatic carbocycles. The summed E-state index contributed by atoms with van der Waals surface area (Å²) in [6.45, 7) is 4.98. The van der Waals surface area contributed by atoms with E-state index in [0.29, 0.717) is 10.7 Å². The molecule has 0 saturated carbocycles. The van der Waals surface area contributed by atoms with Gasteiger partial charge in [-0.1, -0.05) is 11.8 Å². The van der Waals surface area contributed by atoms with Crippen LogP contribution in [0.1, 0.15) is 35.5 Å². The number of Topliss-reactive ketones (excluding diaryl/α,β-unsaturated/α-hetero) is 1. The average molecular weight is 344 g/mol. The fraction of sp³-hybridized carbons (Fsp3) is 0.312. The van der Waals surface area contributed by atoms with Gasteiger partial charge in [-0.2, -0.15) is 10.5 Å². The lowest BCUT2D eigenvalue weighted by Gasteiger charge is -2.09. The van der Waals surface area contributed by atoms with E-state index >= 15 is 0 Å². The van der Waals surface area contributed by atoms with E-state index in [4.69, 9.17) is 15.7 Å². The highest BCUT2D eigenvalue weighted by atomic mass is 32.2. The lowest BCUT2D eigenvalue weighted by Crippen LogP contribution is -2.12. The topological polar surface area (TPSA) is 130 Å². The third kappa shape index (κ3) is 4.58. The van der Waals surface area contributed by atoms with Gasteiger partial charge in [0.25, 0.3) is 0 Å². The number of ketones is 1. The van der Waals surface area contributed by atoms with E-state index < -0.39 is 11.8 Å². The average Bonchev–Trinajstić information content (AvgIpc) is 2.53. The minimum atomic E-state index is -0.555. The number of nitrogens with two attached hydrogens (primary N) is 1. The third-order valence-electron chi connectivity index (χ3n) is 2.92. The first-order valence-corrected chi connectivity index (χ1v) is 7.95. The summed E-state index contributed by atoms with van der Waals surface area (Å²) in [6, 6.07) is 5.10. The maximum atomic E-state index is 12.0. The Morgan fingerprint density at radius 2 is 2.08 bits per heavy atom. The quantitative estimate of drug-likeness (QED) is 0.358. The number of aryl methyl sites for hydroxylation is 1. The molecule has 1 aromatic heterocycles. The highest BCUT2D eigenvalue weighted by Crippen LogP contribution is 2.24. The minimum Gasteiger partial charge on any atom is -0.462 e. The molecule has 0 aliphatic rings. The number of hydrogen-bond acceptors (Lipinski definition) is 8. The summed E-state index contributed by atoms with van der Waals surface area (Å²) in [5.74, 6) is -1.09. The zero-order valence-corrected chi connectivity index (χ0v) is 14.4. The van der Waals surface area contributed by atoms with Crippen molar-refractivity contribution < 1.29 is 14.3 Å². The van der Waals surface area contributed by atoms with Crippen molar-refractivity contribution in [2.24, 2.45) is 5.73 Å². The molecule has 0 spiro atoms. The molecule has 2 N–H and O–H groups in total. The zero-order valence-electron chi connectivity index (χ0n) is 13.5. The number of carbonyl (C=O) groups is 2. The molecule has 8 heteroatoms. The lowest BCUT2D eigenvalue weighted by molar-refractivity contribution is -0.112. The van der Waals surface area contributed by atoms with Crippen molar-refractivity contribution in [2.45, 2.75) is 25.8 Å². The van der Waals surface area contributed by atoms with Crippen LogP contribution in [-0.4, -0.2) is 29.1 Å². The molecule has 0 aliphatic heterocycles. The van der Waals surface area contributed by atoms with Crippen LogP contribution in [0.2, 0.25) is 0 Å². The van der Waals surface area contributed by atoms with E-state index in [1.165, 1.54) is 13.0 Å². The van der Waals surface area contributed by atoms with Crippen LogP contribution < -0.4 is 5.73 Å². The molecule has 0 amide bonds. The number of thioether (sulfide) groups is 1. The van der Waals surface area contributed by atoms with E-state index in [2.05, 4.69) is 4.98 Å². The number of nitriles is 2. The van der Waals surface area contributed by atoms with Gasteiger partial charge in [-0.15, -0.1) is 0 Å². The summed E-state index contributed by atoms with van der Waals surface area (Å²) in [4.78, 5) is 28.0. The van der Waals surface area contributed by atoms with Crippen molar-refractivity contribution in [3.63, 3.8) is 0 Å². The summed E-state index contributed by atoms with van der Waals surface area (Å²) in [7, 11) is 0. The summed E-state index contributed by atoms with van der Waals surface area (Å²) < 4.78 is 4.91. The number of ether oxygens (including phenoxy) is 1. The second kappa shape index (κ2) is 8.70. The van der Waals surface area contributed by atoms with Crippen LogP contribution in [-0.2, 0) is 9.53 Å². The fourth-order valence-electron chi connectivity index (χ4n) is 1.77. The normalized spacial score (nSPS) is 11.0. The molecule has 1 aromatic rings. The Morgan fingerprint density at radius 1 is 1.42 bits per heavy atom. The number of nitrogens with zero attached hydrogens (tertiary/aromatic N) is 3. The standard InChI is InChI=1S/C16H16N4O3S/c1-4-23-16(22)12-5-11(6-17)15(20-10(12)3)24-8-14(21)13(7-18)9(2)19/h5H,4,8,19H2,1-3H3/b13-9+. The molecule has 0 aromatic carbocycles. The molecular formula is C16H16N4O3S. The molecule has 0 unspecified atom stereocenters. The van der Waals surface area contributed by atoms with Crippen molar-refractivity contribution in [1.82, 2.24) is 4.98 Å². The largest absolute Gasteiger partial charge is 0.462 e. The number of esters is 1. The first-order valence-electron chi connectivity index (χ1n) is 6.96. The number of rotatable bonds is 6. The van der Waals surface area contributed by atoms with E-state index in [9.17, 15) is 14.9 Å². The van der Waals surface area contributed by atoms with Gasteiger partial charge in [-0.3, -0.25) is 4.79 Å². The number of carbonyl (C=O) groups excluding carboxylic acids is 2. The van der Waals surface area contributed by atoms with Crippen LogP contribution >= 0.6 is 11.8 Å². The van der Waals surface area contributed by atoms with Crippen molar-refractivity contribution in [3.8, 4) is 12.1 Å². The van der Waals surface area contributed by atoms with Gasteiger partial charge in [-0.05, 0) is 26.8 Å². The molecule has 7 nitrogen and oxygen atoms in total. The Hall–Kier alpha value is -2.84. The van der Waals surface area contributed by atoms with Gasteiger partial charge in [-0.25, -0.2) is 9.78 Å². The predicted molar refractivity (Wildman–Crippen MR) is 87.9 cm³/mol. The van der Waals surface area contributed by atoms with Crippen molar-refractivity contribution in [1.29, 1.82) is 10.5 Å². The van der Waals surface area contributed by atoms with Crippen LogP contribution in [0.25, 0.3) is 0 Å². The van der Waals surface area contributed by atoms with Gasteiger partial charge in [0.15, 0.2) is 5.78 Å². The van der Waals surface area contributed by atoms with E-state index in [1.54, 1.807) is 19.9 Å². The van der Waals surface area contributed by atoms with Crippen LogP contribution in [0.4, 0.5) is 0 Å². The Bertz CT molecular complexity index is 784. The van der Waals surface area contributed by atoms with Gasteiger partial charge in [0.2, 0.25) is 0 Å². The van der Waals surface area contributed by atoms with Crippen molar-refractivity contribution in [3.05, 3.63) is 34.2 Å². The summed E-state index contributed by atoms with van der Waals surface area (Å²) >= 11 is 1.01. The number of hydrogen-bond donors (Lipinski definition) is 1. The molecule has 1 heterocycles. The van der Waals surface area contributed by atoms with Crippen molar-refractivity contribution >= 4 is 23.5 Å². The lowest BCUT2D eigenvalue weighted by atomic mass is 10.1. The monoisotopic (exact) mass is 344 g/mol. The Morgan fingerprint density at radius 3 is 2.58 bits per heavy atom. The Labute approximate surface area is 144 Å². The molecule has 0 saturated heterocycles. The van der Waals surface area contributed by atoms with Gasteiger partial charge in [0, 0.05) is 5.70 Å². The van der Waals surface area contributed by atoms with E-state index in [0.717, 1.165) is 11.8 Å². The smallest absolute Gasteiger partial charge is 0.340 e. The summed E-state index contributed by atoms with van der Waals surface area (Å²) in [6.07, 6.45) is 0. The van der Waals surface area contributed by atoms with Crippen LogP contribution in [0.5, 0.6) is 0 Å². The van der Waals surface area contributed by atoms with Gasteiger partial charge >= 0.3 is 5.97 Å². The first kappa shape index (κ1) is 19.2. The van der Waals surface area contributed by atoms with Crippen LogP contribution in [0.15, 0.2) is 22.4 Å². The maximum Gasteiger partial charge on any atom is 0.340 e. The van der Waals surface area contributed by atoms with Crippen LogP contribution in [0.3, 0.4) is 0 Å². The molecule has 0 bridgehead atoms. The Balaban J connectivity index is 3.07. The third-order valence-corrected chi connectivity index (χ3v) is 3.91. The van der Waals surface area contributed by atoms with E-state index in [-0.39, 0.29) is 34.8 Å². The highest BCUT2D eigenvalue weighted by molar-refractivity contribution is 8.00. The minimum absolute atomic E-state index is 0.0860.